The summed E-state index contributed by atoms with van der Waals surface area (Å²) in [5.74, 6) is 0.914. The van der Waals surface area contributed by atoms with Crippen LogP contribution >= 0.6 is 0 Å². The van der Waals surface area contributed by atoms with Gasteiger partial charge in [0.1, 0.15) is 5.84 Å². The first-order chi connectivity index (χ1) is 6.61. The molecule has 1 atom stereocenters. The summed E-state index contributed by atoms with van der Waals surface area (Å²) in [5.41, 5.74) is 0. The summed E-state index contributed by atoms with van der Waals surface area (Å²) in [6.45, 7) is 4.01. The number of nitrogens with one attached hydrogen (secondary N) is 2. The standard InChI is InChI=1S/C10H17N3O/c1-6(2)13-8(7-4-3-5-7)9(11)12-10(13)14/h6-8H,3-5H2,1-2H3,(H2,11,12,14). The average Bonchev–Trinajstić information content (AvgIpc) is 2.23. The Hall–Kier alpha value is -1.06. The fraction of sp³-hybridized carbons (Fsp3) is 0.800. The first-order valence-electron chi connectivity index (χ1n) is 5.29. The van der Waals surface area contributed by atoms with Crippen molar-refractivity contribution in [1.82, 2.24) is 10.2 Å². The highest BCUT2D eigenvalue weighted by Gasteiger charge is 2.43. The molecule has 0 bridgehead atoms. The van der Waals surface area contributed by atoms with E-state index in [1.165, 1.54) is 6.42 Å². The van der Waals surface area contributed by atoms with Crippen molar-refractivity contribution in [3.63, 3.8) is 0 Å². The number of hydrogen-bond acceptors (Lipinski definition) is 2. The first-order valence-corrected chi connectivity index (χ1v) is 5.29. The Bertz CT molecular complexity index is 271. The second-order valence-electron chi connectivity index (χ2n) is 4.48. The molecule has 1 saturated heterocycles. The molecule has 0 spiro atoms. The van der Waals surface area contributed by atoms with Crippen LogP contribution in [-0.2, 0) is 0 Å². The molecule has 2 rings (SSSR count). The molecule has 0 aromatic heterocycles. The molecule has 4 nitrogen and oxygen atoms in total. The predicted molar refractivity (Wildman–Crippen MR) is 54.4 cm³/mol. The van der Waals surface area contributed by atoms with Gasteiger partial charge in [0.25, 0.3) is 0 Å². The lowest BCUT2D eigenvalue weighted by Gasteiger charge is -2.37. The Balaban J connectivity index is 2.17. The van der Waals surface area contributed by atoms with Crippen LogP contribution < -0.4 is 5.32 Å². The van der Waals surface area contributed by atoms with E-state index in [-0.39, 0.29) is 18.1 Å². The first kappa shape index (κ1) is 9.49. The van der Waals surface area contributed by atoms with Crippen LogP contribution in [0.1, 0.15) is 33.1 Å². The number of hydrogen-bond donors (Lipinski definition) is 2. The van der Waals surface area contributed by atoms with E-state index in [1.54, 1.807) is 0 Å². The minimum absolute atomic E-state index is 0.0243. The molecule has 1 saturated carbocycles. The van der Waals surface area contributed by atoms with Gasteiger partial charge in [0.2, 0.25) is 0 Å². The Morgan fingerprint density at radius 1 is 1.50 bits per heavy atom. The summed E-state index contributed by atoms with van der Waals surface area (Å²) < 4.78 is 0. The largest absolute Gasteiger partial charge is 0.323 e. The third-order valence-corrected chi connectivity index (χ3v) is 3.22. The smallest absolute Gasteiger partial charge is 0.312 e. The quantitative estimate of drug-likeness (QED) is 0.690. The number of nitrogens with zero attached hydrogens (tertiary/aromatic N) is 1. The summed E-state index contributed by atoms with van der Waals surface area (Å²) in [7, 11) is 0. The van der Waals surface area contributed by atoms with Crippen molar-refractivity contribution < 1.29 is 4.79 Å². The average molecular weight is 195 g/mol. The summed E-state index contributed by atoms with van der Waals surface area (Å²) in [6.07, 6.45) is 3.56. The zero-order valence-corrected chi connectivity index (χ0v) is 8.71. The van der Waals surface area contributed by atoms with Crippen LogP contribution in [0, 0.1) is 11.3 Å². The van der Waals surface area contributed by atoms with E-state index < -0.39 is 0 Å². The molecule has 0 aromatic rings. The summed E-state index contributed by atoms with van der Waals surface area (Å²) in [5, 5.41) is 10.4. The highest BCUT2D eigenvalue weighted by molar-refractivity contribution is 6.05. The Morgan fingerprint density at radius 3 is 2.57 bits per heavy atom. The molecule has 1 heterocycles. The van der Waals surface area contributed by atoms with Gasteiger partial charge in [-0.1, -0.05) is 6.42 Å². The third kappa shape index (κ3) is 1.29. The highest BCUT2D eigenvalue weighted by atomic mass is 16.2. The topological polar surface area (TPSA) is 56.2 Å². The van der Waals surface area contributed by atoms with Gasteiger partial charge in [0.05, 0.1) is 6.04 Å². The van der Waals surface area contributed by atoms with Crippen LogP contribution in [0.5, 0.6) is 0 Å². The van der Waals surface area contributed by atoms with Gasteiger partial charge in [0.15, 0.2) is 0 Å². The molecular formula is C10H17N3O. The summed E-state index contributed by atoms with van der Waals surface area (Å²) in [6, 6.07) is 0.113. The maximum Gasteiger partial charge on any atom is 0.323 e. The monoisotopic (exact) mass is 195 g/mol. The van der Waals surface area contributed by atoms with Crippen LogP contribution in [0.2, 0.25) is 0 Å². The van der Waals surface area contributed by atoms with E-state index in [9.17, 15) is 4.79 Å². The van der Waals surface area contributed by atoms with Crippen LogP contribution in [-0.4, -0.2) is 28.9 Å². The van der Waals surface area contributed by atoms with Gasteiger partial charge in [-0.15, -0.1) is 0 Å². The SMILES string of the molecule is CC(C)N1C(=O)NC(=N)C1C1CCC1. The second kappa shape index (κ2) is 3.26. The van der Waals surface area contributed by atoms with Gasteiger partial charge in [-0.3, -0.25) is 10.7 Å². The zero-order chi connectivity index (χ0) is 10.3. The van der Waals surface area contributed by atoms with Gasteiger partial charge >= 0.3 is 6.03 Å². The molecule has 2 aliphatic rings. The Kier molecular flexibility index (Phi) is 2.21. The van der Waals surface area contributed by atoms with Crippen LogP contribution in [0.15, 0.2) is 0 Å². The maximum atomic E-state index is 11.6. The summed E-state index contributed by atoms with van der Waals surface area (Å²) >= 11 is 0. The van der Waals surface area contributed by atoms with E-state index in [4.69, 9.17) is 5.41 Å². The van der Waals surface area contributed by atoms with Crippen LogP contribution in [0.25, 0.3) is 0 Å². The van der Waals surface area contributed by atoms with E-state index in [0.29, 0.717) is 11.8 Å². The lowest BCUT2D eigenvalue weighted by Crippen LogP contribution is -2.46. The van der Waals surface area contributed by atoms with Crippen molar-refractivity contribution in [2.24, 2.45) is 5.92 Å². The molecule has 0 radical (unpaired) electrons. The maximum absolute atomic E-state index is 11.6. The fourth-order valence-corrected chi connectivity index (χ4v) is 2.29. The van der Waals surface area contributed by atoms with Gasteiger partial charge in [0, 0.05) is 6.04 Å². The molecule has 2 fully saturated rings. The van der Waals surface area contributed by atoms with Crippen LogP contribution in [0.3, 0.4) is 0 Å². The predicted octanol–water partition coefficient (Wildman–Crippen LogP) is 1.57. The molecular weight excluding hydrogens is 178 g/mol. The van der Waals surface area contributed by atoms with Crippen molar-refractivity contribution in [2.45, 2.75) is 45.2 Å². The molecule has 14 heavy (non-hydrogen) atoms. The van der Waals surface area contributed by atoms with Gasteiger partial charge in [-0.2, -0.15) is 0 Å². The number of carbonyl (C=O) groups excluding carboxylic acids is 1. The number of amidine groups is 1. The number of carbonyl (C=O) groups is 1. The van der Waals surface area contributed by atoms with E-state index in [1.807, 2.05) is 18.7 Å². The summed E-state index contributed by atoms with van der Waals surface area (Å²) in [4.78, 5) is 13.4. The molecule has 4 heteroatoms. The zero-order valence-electron chi connectivity index (χ0n) is 8.71. The van der Waals surface area contributed by atoms with Gasteiger partial charge < -0.3 is 4.90 Å². The molecule has 1 aliphatic heterocycles. The van der Waals surface area contributed by atoms with E-state index >= 15 is 0 Å². The van der Waals surface area contributed by atoms with Gasteiger partial charge in [-0.05, 0) is 32.6 Å². The highest BCUT2D eigenvalue weighted by Crippen LogP contribution is 2.34. The van der Waals surface area contributed by atoms with E-state index in [2.05, 4.69) is 5.32 Å². The molecule has 78 valence electrons. The van der Waals surface area contributed by atoms with Crippen molar-refractivity contribution in [2.75, 3.05) is 0 Å². The van der Waals surface area contributed by atoms with Crippen molar-refractivity contribution in [3.05, 3.63) is 0 Å². The molecule has 1 unspecified atom stereocenters. The third-order valence-electron chi connectivity index (χ3n) is 3.22. The Labute approximate surface area is 84.2 Å². The van der Waals surface area contributed by atoms with Crippen molar-refractivity contribution >= 4 is 11.9 Å². The van der Waals surface area contributed by atoms with Crippen LogP contribution in [0.4, 0.5) is 4.79 Å². The minimum atomic E-state index is -0.0955. The molecule has 1 aliphatic carbocycles. The molecule has 2 N–H and O–H groups in total. The second-order valence-corrected chi connectivity index (χ2v) is 4.48. The van der Waals surface area contributed by atoms with Crippen molar-refractivity contribution in [3.8, 4) is 0 Å². The van der Waals surface area contributed by atoms with E-state index in [0.717, 1.165) is 12.8 Å². The number of amides is 2. The molecule has 2 amide bonds. The number of rotatable bonds is 2. The number of urea groups is 1. The Morgan fingerprint density at radius 2 is 2.14 bits per heavy atom. The lowest BCUT2D eigenvalue weighted by atomic mass is 9.79. The van der Waals surface area contributed by atoms with Gasteiger partial charge in [-0.25, -0.2) is 4.79 Å². The lowest BCUT2D eigenvalue weighted by molar-refractivity contribution is 0.143. The fourth-order valence-electron chi connectivity index (χ4n) is 2.29. The van der Waals surface area contributed by atoms with Crippen molar-refractivity contribution in [1.29, 1.82) is 5.41 Å². The molecule has 0 aromatic carbocycles. The minimum Gasteiger partial charge on any atom is -0.312 e. The normalized spacial score (nSPS) is 28.2.